The van der Waals surface area contributed by atoms with E-state index in [0.717, 1.165) is 25.7 Å². The van der Waals surface area contributed by atoms with Crippen molar-refractivity contribution in [3.05, 3.63) is 60.2 Å². The molecule has 0 spiro atoms. The number of methoxy groups -OCH3 is 3. The molecule has 2 aromatic heterocycles. The van der Waals surface area contributed by atoms with Crippen molar-refractivity contribution in [2.45, 2.75) is 31.7 Å². The molecular weight excluding hydrogens is 536 g/mol. The Bertz CT molecular complexity index is 1670. The van der Waals surface area contributed by atoms with E-state index in [0.29, 0.717) is 55.4 Å². The summed E-state index contributed by atoms with van der Waals surface area (Å²) in [6.07, 6.45) is 4.15. The normalized spacial score (nSPS) is 13.6. The third kappa shape index (κ3) is 4.70. The minimum Gasteiger partial charge on any atom is -0.493 e. The highest BCUT2D eigenvalue weighted by Gasteiger charge is 2.25. The van der Waals surface area contributed by atoms with Gasteiger partial charge in [-0.1, -0.05) is 36.3 Å². The molecule has 0 saturated heterocycles. The highest BCUT2D eigenvalue weighted by atomic mass is 32.1. The van der Waals surface area contributed by atoms with Crippen LogP contribution in [0.3, 0.4) is 0 Å². The van der Waals surface area contributed by atoms with E-state index in [1.165, 1.54) is 36.6 Å². The standard InChI is InChI=1S/C29H27F2N5O3S/c1-37-24-12-17(13-25(38-2)26(24)39-3)28-34-35-29(40-28)33-21-15-22-23(14-20(21)31)36(19-9-4-5-10-19)27(32-22)16-7-6-8-18(30)11-16/h6-8,11-15,19H,4-5,9-10H2,1-3H3,(H,33,35). The van der Waals surface area contributed by atoms with E-state index in [9.17, 15) is 4.39 Å². The number of benzene rings is 3. The molecule has 0 unspecified atom stereocenters. The summed E-state index contributed by atoms with van der Waals surface area (Å²) < 4.78 is 47.9. The van der Waals surface area contributed by atoms with Crippen molar-refractivity contribution < 1.29 is 23.0 Å². The summed E-state index contributed by atoms with van der Waals surface area (Å²) in [5.41, 5.74) is 2.90. The van der Waals surface area contributed by atoms with Crippen LogP contribution in [0.4, 0.5) is 19.6 Å². The lowest BCUT2D eigenvalue weighted by Crippen LogP contribution is -2.07. The van der Waals surface area contributed by atoms with Crippen molar-refractivity contribution in [1.82, 2.24) is 19.7 Å². The summed E-state index contributed by atoms with van der Waals surface area (Å²) in [5.74, 6) is 1.31. The first-order valence-electron chi connectivity index (χ1n) is 12.9. The van der Waals surface area contributed by atoms with Gasteiger partial charge < -0.3 is 24.1 Å². The molecule has 0 radical (unpaired) electrons. The number of aromatic nitrogens is 4. The molecule has 5 aromatic rings. The predicted octanol–water partition coefficient (Wildman–Crippen LogP) is 7.38. The second kappa shape index (κ2) is 10.7. The van der Waals surface area contributed by atoms with Crippen molar-refractivity contribution in [3.63, 3.8) is 0 Å². The molecule has 0 bridgehead atoms. The van der Waals surface area contributed by atoms with Crippen LogP contribution in [-0.4, -0.2) is 41.1 Å². The molecule has 2 heterocycles. The Balaban J connectivity index is 1.36. The summed E-state index contributed by atoms with van der Waals surface area (Å²) in [4.78, 5) is 4.84. The highest BCUT2D eigenvalue weighted by molar-refractivity contribution is 7.18. The van der Waals surface area contributed by atoms with Crippen molar-refractivity contribution in [3.8, 4) is 39.2 Å². The van der Waals surface area contributed by atoms with Gasteiger partial charge in [-0.15, -0.1) is 10.2 Å². The number of nitrogens with one attached hydrogen (secondary N) is 1. The summed E-state index contributed by atoms with van der Waals surface area (Å²) in [6, 6.07) is 13.3. The van der Waals surface area contributed by atoms with Gasteiger partial charge in [0.05, 0.1) is 38.1 Å². The third-order valence-corrected chi connectivity index (χ3v) is 8.02. The van der Waals surface area contributed by atoms with Gasteiger partial charge in [0, 0.05) is 23.2 Å². The first kappa shape index (κ1) is 26.0. The maximum Gasteiger partial charge on any atom is 0.210 e. The zero-order valence-corrected chi connectivity index (χ0v) is 23.0. The van der Waals surface area contributed by atoms with E-state index in [1.807, 2.05) is 6.07 Å². The quantitative estimate of drug-likeness (QED) is 0.211. The average Bonchev–Trinajstić information content (AvgIpc) is 3.73. The number of fused-ring (bicyclic) bond motifs is 1. The summed E-state index contributed by atoms with van der Waals surface area (Å²) >= 11 is 1.25. The van der Waals surface area contributed by atoms with E-state index in [2.05, 4.69) is 20.1 Å². The van der Waals surface area contributed by atoms with E-state index in [1.54, 1.807) is 38.5 Å². The van der Waals surface area contributed by atoms with Crippen molar-refractivity contribution in [1.29, 1.82) is 0 Å². The fraction of sp³-hybridized carbons (Fsp3) is 0.276. The monoisotopic (exact) mass is 563 g/mol. The number of anilines is 2. The van der Waals surface area contributed by atoms with Gasteiger partial charge in [0.25, 0.3) is 0 Å². The zero-order chi connectivity index (χ0) is 27.8. The van der Waals surface area contributed by atoms with Crippen LogP contribution in [0.1, 0.15) is 31.7 Å². The first-order chi connectivity index (χ1) is 19.5. The van der Waals surface area contributed by atoms with Crippen molar-refractivity contribution >= 4 is 33.2 Å². The number of hydrogen-bond acceptors (Lipinski definition) is 8. The summed E-state index contributed by atoms with van der Waals surface area (Å²) in [6.45, 7) is 0. The third-order valence-electron chi connectivity index (χ3n) is 7.13. The highest BCUT2D eigenvalue weighted by Crippen LogP contribution is 2.43. The SMILES string of the molecule is COc1cc(-c2nnc(Nc3cc4nc(-c5cccc(F)c5)n(C5CCCC5)c4cc3F)s2)cc(OC)c1OC. The molecule has 1 fully saturated rings. The molecule has 206 valence electrons. The number of ether oxygens (including phenoxy) is 3. The van der Waals surface area contributed by atoms with Crippen LogP contribution in [0.2, 0.25) is 0 Å². The van der Waals surface area contributed by atoms with Crippen LogP contribution in [0.25, 0.3) is 33.0 Å². The van der Waals surface area contributed by atoms with Gasteiger partial charge in [-0.2, -0.15) is 0 Å². The molecule has 1 aliphatic carbocycles. The fourth-order valence-electron chi connectivity index (χ4n) is 5.29. The van der Waals surface area contributed by atoms with Gasteiger partial charge in [-0.25, -0.2) is 13.8 Å². The van der Waals surface area contributed by atoms with Crippen LogP contribution >= 0.6 is 11.3 Å². The number of rotatable bonds is 8. The largest absolute Gasteiger partial charge is 0.493 e. The van der Waals surface area contributed by atoms with Gasteiger partial charge in [0.1, 0.15) is 22.5 Å². The summed E-state index contributed by atoms with van der Waals surface area (Å²) in [5, 5.41) is 12.5. The second-order valence-electron chi connectivity index (χ2n) is 9.53. The lowest BCUT2D eigenvalue weighted by atomic mass is 10.1. The Morgan fingerprint density at radius 2 is 1.65 bits per heavy atom. The van der Waals surface area contributed by atoms with Crippen molar-refractivity contribution in [2.24, 2.45) is 0 Å². The lowest BCUT2D eigenvalue weighted by Gasteiger charge is -2.17. The van der Waals surface area contributed by atoms with Gasteiger partial charge >= 0.3 is 0 Å². The van der Waals surface area contributed by atoms with Crippen LogP contribution in [0.5, 0.6) is 17.2 Å². The second-order valence-corrected chi connectivity index (χ2v) is 10.5. The van der Waals surface area contributed by atoms with Gasteiger partial charge in [-0.05, 0) is 43.2 Å². The minimum atomic E-state index is -0.443. The Morgan fingerprint density at radius 3 is 2.33 bits per heavy atom. The Hall–Kier alpha value is -4.25. The molecule has 3 aromatic carbocycles. The topological polar surface area (TPSA) is 83.3 Å². The Kier molecular flexibility index (Phi) is 6.97. The van der Waals surface area contributed by atoms with Crippen LogP contribution in [-0.2, 0) is 0 Å². The number of halogens is 2. The molecule has 1 aliphatic rings. The maximum atomic E-state index is 15.5. The molecule has 8 nitrogen and oxygen atoms in total. The maximum absolute atomic E-state index is 15.5. The van der Waals surface area contributed by atoms with E-state index >= 15 is 4.39 Å². The van der Waals surface area contributed by atoms with E-state index < -0.39 is 5.82 Å². The van der Waals surface area contributed by atoms with Crippen LogP contribution < -0.4 is 19.5 Å². The molecule has 1 N–H and O–H groups in total. The van der Waals surface area contributed by atoms with E-state index in [-0.39, 0.29) is 17.5 Å². The molecule has 11 heteroatoms. The predicted molar refractivity (Wildman–Crippen MR) is 151 cm³/mol. The van der Waals surface area contributed by atoms with Crippen LogP contribution in [0.15, 0.2) is 48.5 Å². The smallest absolute Gasteiger partial charge is 0.210 e. The van der Waals surface area contributed by atoms with Gasteiger partial charge in [-0.3, -0.25) is 0 Å². The number of hydrogen-bond donors (Lipinski definition) is 1. The molecule has 0 atom stereocenters. The Labute approximate surface area is 233 Å². The molecule has 0 amide bonds. The van der Waals surface area contributed by atoms with Gasteiger partial charge in [0.2, 0.25) is 10.9 Å². The van der Waals surface area contributed by atoms with Crippen LogP contribution in [0, 0.1) is 11.6 Å². The molecule has 0 aliphatic heterocycles. The van der Waals surface area contributed by atoms with Crippen molar-refractivity contribution in [2.75, 3.05) is 26.6 Å². The molecule has 6 rings (SSSR count). The average molecular weight is 564 g/mol. The number of nitrogens with zero attached hydrogens (tertiary/aromatic N) is 4. The summed E-state index contributed by atoms with van der Waals surface area (Å²) in [7, 11) is 4.62. The van der Waals surface area contributed by atoms with Gasteiger partial charge in [0.15, 0.2) is 11.5 Å². The molecular formula is C29H27F2N5O3S. The number of imidazole rings is 1. The fourth-order valence-corrected chi connectivity index (χ4v) is 6.03. The Morgan fingerprint density at radius 1 is 0.900 bits per heavy atom. The first-order valence-corrected chi connectivity index (χ1v) is 13.7. The lowest BCUT2D eigenvalue weighted by molar-refractivity contribution is 0.324. The molecule has 1 saturated carbocycles. The minimum absolute atomic E-state index is 0.186. The zero-order valence-electron chi connectivity index (χ0n) is 22.2. The molecule has 40 heavy (non-hydrogen) atoms. The van der Waals surface area contributed by atoms with E-state index in [4.69, 9.17) is 19.2 Å².